The molecule has 0 amide bonds. The summed E-state index contributed by atoms with van der Waals surface area (Å²) in [4.78, 5) is 51.4. The lowest BCUT2D eigenvalue weighted by atomic mass is 9.64. The fourth-order valence-corrected chi connectivity index (χ4v) is 3.38. The molecular weight excluding hydrogens is 332 g/mol. The highest BCUT2D eigenvalue weighted by Crippen LogP contribution is 2.36. The molecule has 0 bridgehead atoms. The summed E-state index contributed by atoms with van der Waals surface area (Å²) in [5.74, 6) is -5.24. The quantitative estimate of drug-likeness (QED) is 0.633. The average Bonchev–Trinajstić information content (AvgIpc) is 2.57. The van der Waals surface area contributed by atoms with E-state index >= 15 is 0 Å². The van der Waals surface area contributed by atoms with Crippen molar-refractivity contribution in [3.63, 3.8) is 0 Å². The van der Waals surface area contributed by atoms with Crippen LogP contribution >= 0.6 is 0 Å². The van der Waals surface area contributed by atoms with Crippen LogP contribution < -0.4 is 0 Å². The second-order valence-electron chi connectivity index (χ2n) is 8.59. The van der Waals surface area contributed by atoms with Gasteiger partial charge in [-0.25, -0.2) is 0 Å². The minimum absolute atomic E-state index is 0.0297. The Morgan fingerprint density at radius 3 is 2.00 bits per heavy atom. The number of rotatable bonds is 9. The Balaban J connectivity index is 3.29. The van der Waals surface area contributed by atoms with Gasteiger partial charge in [0.15, 0.2) is 28.7 Å². The first kappa shape index (κ1) is 22.7. The summed E-state index contributed by atoms with van der Waals surface area (Å²) < 4.78 is 0. The topological polar surface area (TPSA) is 88.5 Å². The minimum atomic E-state index is -2.21. The number of carbonyl (C=O) groups excluding carboxylic acids is 4. The predicted molar refractivity (Wildman–Crippen MR) is 99.6 cm³/mol. The van der Waals surface area contributed by atoms with E-state index in [9.17, 15) is 24.3 Å². The molecule has 0 aromatic carbocycles. The third-order valence-corrected chi connectivity index (χ3v) is 5.52. The molecule has 0 saturated heterocycles. The zero-order valence-corrected chi connectivity index (χ0v) is 17.0. The van der Waals surface area contributed by atoms with Gasteiger partial charge in [0.05, 0.1) is 5.92 Å². The van der Waals surface area contributed by atoms with Crippen LogP contribution in [0.3, 0.4) is 0 Å². The van der Waals surface area contributed by atoms with Crippen LogP contribution in [-0.4, -0.2) is 33.8 Å². The van der Waals surface area contributed by atoms with E-state index in [1.807, 2.05) is 34.6 Å². The zero-order valence-electron chi connectivity index (χ0n) is 17.0. The highest BCUT2D eigenvalue weighted by atomic mass is 16.3. The van der Waals surface area contributed by atoms with Crippen molar-refractivity contribution in [2.75, 3.05) is 0 Å². The average molecular weight is 366 g/mol. The van der Waals surface area contributed by atoms with Crippen molar-refractivity contribution >= 4 is 23.1 Å². The lowest BCUT2D eigenvalue weighted by molar-refractivity contribution is -0.168. The Hall–Kier alpha value is -1.36. The Bertz CT molecular complexity index is 563. The number of aliphatic hydroxyl groups is 1. The van der Waals surface area contributed by atoms with E-state index < -0.39 is 46.5 Å². The maximum atomic E-state index is 12.9. The van der Waals surface area contributed by atoms with Crippen LogP contribution in [0.2, 0.25) is 0 Å². The third-order valence-electron chi connectivity index (χ3n) is 5.52. The molecule has 1 fully saturated rings. The molecule has 0 spiro atoms. The van der Waals surface area contributed by atoms with Gasteiger partial charge in [-0.1, -0.05) is 41.5 Å². The molecule has 26 heavy (non-hydrogen) atoms. The van der Waals surface area contributed by atoms with Crippen molar-refractivity contribution in [3.8, 4) is 0 Å². The first-order valence-electron chi connectivity index (χ1n) is 9.85. The number of hydrogen-bond acceptors (Lipinski definition) is 5. The Morgan fingerprint density at radius 2 is 1.54 bits per heavy atom. The third kappa shape index (κ3) is 4.67. The molecule has 5 heteroatoms. The van der Waals surface area contributed by atoms with Gasteiger partial charge in [-0.3, -0.25) is 19.2 Å². The first-order chi connectivity index (χ1) is 12.0. The molecule has 1 N–H and O–H groups in total. The van der Waals surface area contributed by atoms with E-state index in [4.69, 9.17) is 0 Å². The number of Topliss-reactive ketones (excluding diaryl/α,β-unsaturated/α-hetero) is 4. The lowest BCUT2D eigenvalue weighted by Gasteiger charge is -2.38. The molecule has 1 saturated carbocycles. The molecule has 148 valence electrons. The molecule has 0 aliphatic heterocycles. The van der Waals surface area contributed by atoms with Crippen molar-refractivity contribution < 1.29 is 24.3 Å². The highest BCUT2D eigenvalue weighted by molar-refractivity contribution is 6.35. The predicted octanol–water partition coefficient (Wildman–Crippen LogP) is 3.16. The maximum absolute atomic E-state index is 12.9. The van der Waals surface area contributed by atoms with Gasteiger partial charge >= 0.3 is 0 Å². The molecule has 0 radical (unpaired) electrons. The zero-order chi connectivity index (χ0) is 20.2. The number of ketones is 4. The summed E-state index contributed by atoms with van der Waals surface area (Å²) in [6.45, 7) is 11.3. The monoisotopic (exact) mass is 366 g/mol. The van der Waals surface area contributed by atoms with Gasteiger partial charge in [-0.15, -0.1) is 0 Å². The number of hydrogen-bond donors (Lipinski definition) is 1. The van der Waals surface area contributed by atoms with Gasteiger partial charge in [-0.05, 0) is 43.9 Å². The fraction of sp³-hybridized carbons (Fsp3) is 0.810. The Labute approximate surface area is 156 Å². The van der Waals surface area contributed by atoms with E-state index in [0.717, 1.165) is 0 Å². The van der Waals surface area contributed by atoms with Crippen molar-refractivity contribution in [2.45, 2.75) is 79.2 Å². The highest BCUT2D eigenvalue weighted by Gasteiger charge is 2.59. The first-order valence-corrected chi connectivity index (χ1v) is 9.85. The van der Waals surface area contributed by atoms with Gasteiger partial charge in [0.1, 0.15) is 5.92 Å². The molecule has 1 rings (SSSR count). The summed E-state index contributed by atoms with van der Waals surface area (Å²) in [7, 11) is 0. The van der Waals surface area contributed by atoms with Crippen molar-refractivity contribution in [1.82, 2.24) is 0 Å². The Kier molecular flexibility index (Phi) is 7.87. The molecule has 0 heterocycles. The largest absolute Gasteiger partial charge is 0.374 e. The minimum Gasteiger partial charge on any atom is -0.374 e. The molecule has 4 unspecified atom stereocenters. The van der Waals surface area contributed by atoms with E-state index in [0.29, 0.717) is 19.3 Å². The summed E-state index contributed by atoms with van der Waals surface area (Å²) in [5, 5.41) is 11.0. The van der Waals surface area contributed by atoms with Crippen LogP contribution in [0.5, 0.6) is 0 Å². The molecule has 1 aliphatic carbocycles. The molecule has 0 aromatic heterocycles. The van der Waals surface area contributed by atoms with Gasteiger partial charge < -0.3 is 5.11 Å². The van der Waals surface area contributed by atoms with Crippen molar-refractivity contribution in [1.29, 1.82) is 0 Å². The standard InChI is InChI=1S/C21H34O5/c1-7-14(6)17(22)16-18(23)15(9-8-12(2)3)19(24)21(26,20(16)25)11-10-13(4)5/h12-16,26H,7-11H2,1-6H3. The van der Waals surface area contributed by atoms with Crippen LogP contribution in [0.1, 0.15) is 73.6 Å². The molecule has 4 atom stereocenters. The van der Waals surface area contributed by atoms with Gasteiger partial charge in [0.25, 0.3) is 0 Å². The van der Waals surface area contributed by atoms with Crippen LogP contribution in [0.4, 0.5) is 0 Å². The molecular formula is C21H34O5. The molecule has 1 aliphatic rings. The molecule has 5 nitrogen and oxygen atoms in total. The van der Waals surface area contributed by atoms with Crippen molar-refractivity contribution in [3.05, 3.63) is 0 Å². The van der Waals surface area contributed by atoms with E-state index in [-0.39, 0.29) is 24.7 Å². The van der Waals surface area contributed by atoms with E-state index in [1.54, 1.807) is 6.92 Å². The summed E-state index contributed by atoms with van der Waals surface area (Å²) in [5.41, 5.74) is -2.21. The second kappa shape index (κ2) is 9.03. The summed E-state index contributed by atoms with van der Waals surface area (Å²) in [6, 6.07) is 0. The van der Waals surface area contributed by atoms with Crippen LogP contribution in [0.25, 0.3) is 0 Å². The summed E-state index contributed by atoms with van der Waals surface area (Å²) in [6.07, 6.45) is 1.85. The van der Waals surface area contributed by atoms with E-state index in [1.165, 1.54) is 0 Å². The fourth-order valence-electron chi connectivity index (χ4n) is 3.38. The smallest absolute Gasteiger partial charge is 0.189 e. The van der Waals surface area contributed by atoms with Gasteiger partial charge in [-0.2, -0.15) is 0 Å². The van der Waals surface area contributed by atoms with Crippen molar-refractivity contribution in [2.24, 2.45) is 29.6 Å². The van der Waals surface area contributed by atoms with Gasteiger partial charge in [0.2, 0.25) is 0 Å². The normalized spacial score (nSPS) is 28.1. The maximum Gasteiger partial charge on any atom is 0.189 e. The summed E-state index contributed by atoms with van der Waals surface area (Å²) >= 11 is 0. The van der Waals surface area contributed by atoms with Crippen LogP contribution in [-0.2, 0) is 19.2 Å². The SMILES string of the molecule is CCC(C)C(=O)C1C(=O)C(CCC(C)C)C(=O)C(O)(CCC(C)C)C1=O. The van der Waals surface area contributed by atoms with Crippen LogP contribution in [0.15, 0.2) is 0 Å². The van der Waals surface area contributed by atoms with E-state index in [2.05, 4.69) is 0 Å². The lowest BCUT2D eigenvalue weighted by Crippen LogP contribution is -2.62. The van der Waals surface area contributed by atoms with Crippen LogP contribution in [0, 0.1) is 29.6 Å². The Morgan fingerprint density at radius 1 is 1.00 bits per heavy atom. The van der Waals surface area contributed by atoms with Gasteiger partial charge in [0, 0.05) is 5.92 Å². The number of carbonyl (C=O) groups is 4. The second-order valence-corrected chi connectivity index (χ2v) is 8.59. The molecule has 0 aromatic rings.